The Bertz CT molecular complexity index is 212. The summed E-state index contributed by atoms with van der Waals surface area (Å²) in [6.45, 7) is 0. The Morgan fingerprint density at radius 2 is 2.62 bits per heavy atom. The van der Waals surface area contributed by atoms with Gasteiger partial charge in [0.2, 0.25) is 5.88 Å². The van der Waals surface area contributed by atoms with Crippen molar-refractivity contribution in [1.82, 2.24) is 5.16 Å². The van der Waals surface area contributed by atoms with Crippen LogP contribution in [0.2, 0.25) is 0 Å². The highest BCUT2D eigenvalue weighted by Gasteiger charge is 1.90. The number of nitrogens with one attached hydrogen (secondary N) is 2. The van der Waals surface area contributed by atoms with Crippen molar-refractivity contribution in [2.24, 2.45) is 0 Å². The molecule has 0 unspecified atom stereocenters. The summed E-state index contributed by atoms with van der Waals surface area (Å²) in [5.41, 5.74) is -0.227. The van der Waals surface area contributed by atoms with Gasteiger partial charge in [0.15, 0.2) is 0 Å². The lowest BCUT2D eigenvalue weighted by Gasteiger charge is -1.83. The Morgan fingerprint density at radius 1 is 1.88 bits per heavy atom. The van der Waals surface area contributed by atoms with Crippen LogP contribution in [0.3, 0.4) is 0 Å². The predicted molar refractivity (Wildman–Crippen MR) is 28.9 cm³/mol. The van der Waals surface area contributed by atoms with E-state index < -0.39 is 0 Å². The van der Waals surface area contributed by atoms with Gasteiger partial charge in [0.05, 0.1) is 6.07 Å². The van der Waals surface area contributed by atoms with Crippen molar-refractivity contribution in [3.8, 4) is 0 Å². The lowest BCUT2D eigenvalue weighted by atomic mass is 10.6. The zero-order valence-corrected chi connectivity index (χ0v) is 4.39. The van der Waals surface area contributed by atoms with Crippen LogP contribution in [0.15, 0.2) is 15.4 Å². The van der Waals surface area contributed by atoms with Crippen molar-refractivity contribution >= 4 is 5.88 Å². The highest BCUT2D eigenvalue weighted by molar-refractivity contribution is 5.25. The van der Waals surface area contributed by atoms with E-state index in [4.69, 9.17) is 0 Å². The Labute approximate surface area is 45.5 Å². The van der Waals surface area contributed by atoms with E-state index in [2.05, 4.69) is 15.0 Å². The first-order valence-electron chi connectivity index (χ1n) is 2.19. The molecule has 0 fully saturated rings. The average molecular weight is 114 g/mol. The Hall–Kier alpha value is -1.19. The smallest absolute Gasteiger partial charge is 0.282 e. The minimum atomic E-state index is -0.227. The summed E-state index contributed by atoms with van der Waals surface area (Å²) in [6, 6.07) is 1.33. The molecule has 4 nitrogen and oxygen atoms in total. The Morgan fingerprint density at radius 3 is 2.88 bits per heavy atom. The minimum Gasteiger partial charge on any atom is -0.361 e. The summed E-state index contributed by atoms with van der Waals surface area (Å²) in [4.78, 5) is 10.3. The zero-order valence-electron chi connectivity index (χ0n) is 4.39. The molecular formula is C4H6N2O2. The van der Waals surface area contributed by atoms with Crippen LogP contribution in [-0.4, -0.2) is 12.2 Å². The van der Waals surface area contributed by atoms with Crippen molar-refractivity contribution in [2.75, 3.05) is 12.4 Å². The summed E-state index contributed by atoms with van der Waals surface area (Å²) >= 11 is 0. The van der Waals surface area contributed by atoms with E-state index in [0.29, 0.717) is 5.88 Å². The van der Waals surface area contributed by atoms with E-state index in [-0.39, 0.29) is 5.56 Å². The molecule has 0 aliphatic rings. The van der Waals surface area contributed by atoms with Gasteiger partial charge in [-0.25, -0.2) is 0 Å². The molecule has 1 rings (SSSR count). The maximum absolute atomic E-state index is 10.3. The van der Waals surface area contributed by atoms with Crippen LogP contribution >= 0.6 is 0 Å². The maximum atomic E-state index is 10.3. The molecule has 0 atom stereocenters. The molecular weight excluding hydrogens is 108 g/mol. The van der Waals surface area contributed by atoms with Crippen molar-refractivity contribution in [3.63, 3.8) is 0 Å². The van der Waals surface area contributed by atoms with Crippen LogP contribution in [-0.2, 0) is 0 Å². The minimum absolute atomic E-state index is 0.227. The van der Waals surface area contributed by atoms with Crippen LogP contribution in [0.25, 0.3) is 0 Å². The third-order valence-electron chi connectivity index (χ3n) is 0.770. The molecule has 8 heavy (non-hydrogen) atoms. The highest BCUT2D eigenvalue weighted by Crippen LogP contribution is 1.95. The van der Waals surface area contributed by atoms with Gasteiger partial charge in [0.1, 0.15) is 0 Å². The first-order valence-corrected chi connectivity index (χ1v) is 2.19. The average Bonchev–Trinajstić information content (AvgIpc) is 2.14. The van der Waals surface area contributed by atoms with Crippen LogP contribution in [0.1, 0.15) is 0 Å². The summed E-state index contributed by atoms with van der Waals surface area (Å²) in [6.07, 6.45) is 0. The molecule has 4 heteroatoms. The van der Waals surface area contributed by atoms with E-state index >= 15 is 0 Å². The van der Waals surface area contributed by atoms with Crippen molar-refractivity contribution in [1.29, 1.82) is 0 Å². The molecule has 0 aromatic carbocycles. The molecule has 0 radical (unpaired) electrons. The highest BCUT2D eigenvalue weighted by atomic mass is 16.5. The van der Waals surface area contributed by atoms with E-state index in [1.165, 1.54) is 6.07 Å². The number of hydrogen-bond acceptors (Lipinski definition) is 3. The van der Waals surface area contributed by atoms with Crippen molar-refractivity contribution in [3.05, 3.63) is 16.4 Å². The summed E-state index contributed by atoms with van der Waals surface area (Å²) < 4.78 is 4.56. The molecule has 1 aromatic rings. The van der Waals surface area contributed by atoms with Crippen molar-refractivity contribution in [2.45, 2.75) is 0 Å². The fourth-order valence-electron chi connectivity index (χ4n) is 0.406. The summed E-state index contributed by atoms with van der Waals surface area (Å²) in [5.74, 6) is 0.454. The first-order chi connectivity index (χ1) is 3.83. The predicted octanol–water partition coefficient (Wildman–Crippen LogP) is 0.00960. The van der Waals surface area contributed by atoms with Crippen LogP contribution < -0.4 is 10.9 Å². The van der Waals surface area contributed by atoms with Gasteiger partial charge in [-0.05, 0) is 0 Å². The van der Waals surface area contributed by atoms with Gasteiger partial charge in [-0.1, -0.05) is 0 Å². The zero-order chi connectivity index (χ0) is 5.98. The van der Waals surface area contributed by atoms with E-state index in [0.717, 1.165) is 0 Å². The Kier molecular flexibility index (Phi) is 1.07. The standard InChI is InChI=1S/C4H6N2O2/c1-5-4-2-3(7)6-8-4/h2,5H,1H3,(H,6,7). The summed E-state index contributed by atoms with van der Waals surface area (Å²) in [7, 11) is 1.67. The second-order valence-electron chi connectivity index (χ2n) is 1.33. The maximum Gasteiger partial charge on any atom is 0.282 e. The topological polar surface area (TPSA) is 58.0 Å². The van der Waals surface area contributed by atoms with Gasteiger partial charge in [-0.3, -0.25) is 4.79 Å². The van der Waals surface area contributed by atoms with Gasteiger partial charge in [-0.2, -0.15) is 5.16 Å². The lowest BCUT2D eigenvalue weighted by Crippen LogP contribution is -1.92. The van der Waals surface area contributed by atoms with Gasteiger partial charge in [-0.15, -0.1) is 0 Å². The van der Waals surface area contributed by atoms with Crippen LogP contribution in [0.5, 0.6) is 0 Å². The lowest BCUT2D eigenvalue weighted by molar-refractivity contribution is 0.427. The molecule has 2 N–H and O–H groups in total. The fraction of sp³-hybridized carbons (Fsp3) is 0.250. The second-order valence-corrected chi connectivity index (χ2v) is 1.33. The van der Waals surface area contributed by atoms with Crippen LogP contribution in [0, 0.1) is 0 Å². The van der Waals surface area contributed by atoms with Gasteiger partial charge >= 0.3 is 0 Å². The molecule has 0 bridgehead atoms. The number of rotatable bonds is 1. The quantitative estimate of drug-likeness (QED) is 0.540. The molecule has 1 aromatic heterocycles. The van der Waals surface area contributed by atoms with E-state index in [1.54, 1.807) is 7.05 Å². The first kappa shape index (κ1) is 4.96. The van der Waals surface area contributed by atoms with Crippen molar-refractivity contribution < 1.29 is 4.52 Å². The molecule has 0 spiro atoms. The SMILES string of the molecule is CNc1cc(=O)[nH]o1. The molecule has 0 saturated carbocycles. The van der Waals surface area contributed by atoms with Gasteiger partial charge < -0.3 is 9.84 Å². The largest absolute Gasteiger partial charge is 0.361 e. The van der Waals surface area contributed by atoms with Crippen LogP contribution in [0.4, 0.5) is 5.88 Å². The molecule has 0 amide bonds. The molecule has 0 aliphatic heterocycles. The third-order valence-corrected chi connectivity index (χ3v) is 0.770. The Balaban J connectivity index is 3.01. The van der Waals surface area contributed by atoms with Gasteiger partial charge in [0, 0.05) is 7.05 Å². The third kappa shape index (κ3) is 0.726. The number of anilines is 1. The molecule has 44 valence electrons. The number of hydrogen-bond donors (Lipinski definition) is 2. The molecule has 0 aliphatic carbocycles. The summed E-state index contributed by atoms with van der Waals surface area (Å²) in [5, 5.41) is 4.78. The fourth-order valence-corrected chi connectivity index (χ4v) is 0.406. The monoisotopic (exact) mass is 114 g/mol. The molecule has 0 saturated heterocycles. The number of aromatic nitrogens is 1. The number of H-pyrrole nitrogens is 1. The van der Waals surface area contributed by atoms with E-state index in [1.807, 2.05) is 0 Å². The normalized spacial score (nSPS) is 9.12. The molecule has 1 heterocycles. The van der Waals surface area contributed by atoms with E-state index in [9.17, 15) is 4.79 Å². The van der Waals surface area contributed by atoms with Gasteiger partial charge in [0.25, 0.3) is 5.56 Å². The second kappa shape index (κ2) is 1.73. The number of aromatic amines is 1.